The van der Waals surface area contributed by atoms with Crippen LogP contribution >= 0.6 is 0 Å². The Labute approximate surface area is 95.6 Å². The third-order valence-electron chi connectivity index (χ3n) is 2.01. The van der Waals surface area contributed by atoms with Crippen LogP contribution in [0.4, 0.5) is 0 Å². The normalized spacial score (nSPS) is 14.0. The minimum absolute atomic E-state index is 0.0208. The summed E-state index contributed by atoms with van der Waals surface area (Å²) in [6, 6.07) is -1.43. The second-order valence-corrected chi connectivity index (χ2v) is 4.22. The molecule has 0 aromatic heterocycles. The van der Waals surface area contributed by atoms with Gasteiger partial charge in [0.15, 0.2) is 0 Å². The number of rotatable bonds is 4. The Hall–Kier alpha value is -1.14. The summed E-state index contributed by atoms with van der Waals surface area (Å²) >= 11 is 0. The molecule has 0 rings (SSSR count). The Morgan fingerprint density at radius 1 is 0.812 bits per heavy atom. The fourth-order valence-electron chi connectivity index (χ4n) is 0.570. The van der Waals surface area contributed by atoms with Gasteiger partial charge in [-0.2, -0.15) is 0 Å². The third kappa shape index (κ3) is 8.19. The summed E-state index contributed by atoms with van der Waals surface area (Å²) in [5, 5.41) is 16.5. The van der Waals surface area contributed by atoms with E-state index >= 15 is 0 Å². The monoisotopic (exact) mass is 234 g/mol. The van der Waals surface area contributed by atoms with Crippen molar-refractivity contribution in [1.29, 1.82) is 0 Å². The lowest BCUT2D eigenvalue weighted by Gasteiger charge is -2.07. The van der Waals surface area contributed by atoms with E-state index in [0.29, 0.717) is 0 Å². The van der Waals surface area contributed by atoms with Crippen LogP contribution in [0.1, 0.15) is 27.7 Å². The number of hydrogen-bond acceptors (Lipinski definition) is 4. The van der Waals surface area contributed by atoms with Crippen LogP contribution in [-0.4, -0.2) is 34.2 Å². The molecule has 0 fully saturated rings. The molecule has 0 amide bonds. The maximum Gasteiger partial charge on any atom is 0.320 e. The van der Waals surface area contributed by atoms with Gasteiger partial charge in [-0.1, -0.05) is 27.7 Å². The van der Waals surface area contributed by atoms with Gasteiger partial charge in [0.2, 0.25) is 0 Å². The summed E-state index contributed by atoms with van der Waals surface area (Å²) in [6.07, 6.45) is 0. The van der Waals surface area contributed by atoms with E-state index in [9.17, 15) is 9.59 Å². The first-order chi connectivity index (χ1) is 7.11. The number of aliphatic carboxylic acids is 2. The third-order valence-corrected chi connectivity index (χ3v) is 2.01. The average Bonchev–Trinajstić information content (AvgIpc) is 2.15. The van der Waals surface area contributed by atoms with E-state index in [1.165, 1.54) is 0 Å². The van der Waals surface area contributed by atoms with Crippen LogP contribution in [-0.2, 0) is 9.59 Å². The summed E-state index contributed by atoms with van der Waals surface area (Å²) in [4.78, 5) is 20.0. The van der Waals surface area contributed by atoms with E-state index in [1.54, 1.807) is 27.7 Å². The van der Waals surface area contributed by atoms with Crippen LogP contribution in [0.5, 0.6) is 0 Å². The smallest absolute Gasteiger partial charge is 0.320 e. The first-order valence-electron chi connectivity index (χ1n) is 5.08. The van der Waals surface area contributed by atoms with Crippen LogP contribution in [0.25, 0.3) is 0 Å². The van der Waals surface area contributed by atoms with E-state index in [2.05, 4.69) is 0 Å². The van der Waals surface area contributed by atoms with Gasteiger partial charge < -0.3 is 21.7 Å². The molecule has 0 spiro atoms. The zero-order valence-corrected chi connectivity index (χ0v) is 10.2. The molecule has 0 heterocycles. The molecule has 0 aromatic carbocycles. The molecular formula is C10H22N2O4. The highest BCUT2D eigenvalue weighted by molar-refractivity contribution is 5.73. The van der Waals surface area contributed by atoms with Gasteiger partial charge in [0.1, 0.15) is 12.1 Å². The Balaban J connectivity index is 0. The maximum atomic E-state index is 10.0. The second-order valence-electron chi connectivity index (χ2n) is 4.22. The SMILES string of the molecule is CC(C)C(N)C(=O)O.CC(C)[C@H](N)C(=O)O. The summed E-state index contributed by atoms with van der Waals surface area (Å²) in [5.74, 6) is -1.82. The molecule has 0 radical (unpaired) electrons. The lowest BCUT2D eigenvalue weighted by molar-refractivity contribution is -0.140. The molecule has 6 heteroatoms. The molecule has 0 saturated heterocycles. The van der Waals surface area contributed by atoms with Crippen molar-refractivity contribution in [1.82, 2.24) is 0 Å². The Kier molecular flexibility index (Phi) is 8.70. The molecule has 0 saturated carbocycles. The average molecular weight is 234 g/mol. The van der Waals surface area contributed by atoms with Crippen LogP contribution < -0.4 is 11.5 Å². The van der Waals surface area contributed by atoms with Gasteiger partial charge in [0.05, 0.1) is 0 Å². The lowest BCUT2D eigenvalue weighted by Crippen LogP contribution is -2.34. The zero-order valence-electron chi connectivity index (χ0n) is 10.2. The van der Waals surface area contributed by atoms with Gasteiger partial charge in [-0.25, -0.2) is 0 Å². The summed E-state index contributed by atoms with van der Waals surface area (Å²) in [5.41, 5.74) is 10.3. The first kappa shape index (κ1) is 17.3. The molecule has 0 aliphatic heterocycles. The molecule has 1 unspecified atom stereocenters. The quantitative estimate of drug-likeness (QED) is 0.546. The first-order valence-corrected chi connectivity index (χ1v) is 5.08. The van der Waals surface area contributed by atoms with Crippen molar-refractivity contribution < 1.29 is 19.8 Å². The van der Waals surface area contributed by atoms with E-state index in [4.69, 9.17) is 21.7 Å². The zero-order chi connectivity index (χ0) is 13.5. The lowest BCUT2D eigenvalue weighted by atomic mass is 10.1. The Morgan fingerprint density at radius 3 is 1.00 bits per heavy atom. The van der Waals surface area contributed by atoms with Crippen LogP contribution in [0, 0.1) is 11.8 Å². The highest BCUT2D eigenvalue weighted by Crippen LogP contribution is 1.96. The van der Waals surface area contributed by atoms with Gasteiger partial charge in [-0.05, 0) is 11.8 Å². The molecule has 2 atom stereocenters. The molecular weight excluding hydrogens is 212 g/mol. The molecule has 96 valence electrons. The number of carbonyl (C=O) groups is 2. The molecule has 0 aliphatic carbocycles. The Bertz CT molecular complexity index is 205. The van der Waals surface area contributed by atoms with Crippen molar-refractivity contribution >= 4 is 11.9 Å². The van der Waals surface area contributed by atoms with Crippen molar-refractivity contribution in [3.8, 4) is 0 Å². The van der Waals surface area contributed by atoms with Gasteiger partial charge >= 0.3 is 11.9 Å². The van der Waals surface area contributed by atoms with Crippen LogP contribution in [0.15, 0.2) is 0 Å². The van der Waals surface area contributed by atoms with E-state index < -0.39 is 24.0 Å². The molecule has 16 heavy (non-hydrogen) atoms. The van der Waals surface area contributed by atoms with Crippen molar-refractivity contribution in [2.24, 2.45) is 23.3 Å². The highest BCUT2D eigenvalue weighted by Gasteiger charge is 2.14. The fraction of sp³-hybridized carbons (Fsp3) is 0.800. The molecule has 6 N–H and O–H groups in total. The Morgan fingerprint density at radius 2 is 1.00 bits per heavy atom. The summed E-state index contributed by atoms with van der Waals surface area (Å²) in [6.45, 7) is 7.11. The summed E-state index contributed by atoms with van der Waals surface area (Å²) < 4.78 is 0. The van der Waals surface area contributed by atoms with Crippen molar-refractivity contribution in [3.63, 3.8) is 0 Å². The van der Waals surface area contributed by atoms with Crippen molar-refractivity contribution in [3.05, 3.63) is 0 Å². The maximum absolute atomic E-state index is 10.0. The summed E-state index contributed by atoms with van der Waals surface area (Å²) in [7, 11) is 0. The van der Waals surface area contributed by atoms with Crippen molar-refractivity contribution in [2.75, 3.05) is 0 Å². The van der Waals surface area contributed by atoms with Gasteiger partial charge in [-0.3, -0.25) is 9.59 Å². The number of carboxylic acid groups (broad SMARTS) is 2. The minimum atomic E-state index is -0.931. The molecule has 0 bridgehead atoms. The number of hydrogen-bond donors (Lipinski definition) is 4. The minimum Gasteiger partial charge on any atom is -0.480 e. The topological polar surface area (TPSA) is 127 Å². The standard InChI is InChI=1S/2C5H11NO2/c2*1-3(2)4(6)5(7)8/h2*3-4H,6H2,1-2H3,(H,7,8)/t4-;/m0./s1. The van der Waals surface area contributed by atoms with E-state index in [1.807, 2.05) is 0 Å². The molecule has 6 nitrogen and oxygen atoms in total. The molecule has 0 aliphatic rings. The highest BCUT2D eigenvalue weighted by atomic mass is 16.4. The number of carboxylic acids is 2. The fourth-order valence-corrected chi connectivity index (χ4v) is 0.570. The van der Waals surface area contributed by atoms with Crippen molar-refractivity contribution in [2.45, 2.75) is 39.8 Å². The predicted octanol–water partition coefficient (Wildman–Crippen LogP) is 0.109. The molecule has 0 aromatic rings. The van der Waals surface area contributed by atoms with Gasteiger partial charge in [-0.15, -0.1) is 0 Å². The van der Waals surface area contributed by atoms with Crippen LogP contribution in [0.2, 0.25) is 0 Å². The van der Waals surface area contributed by atoms with Gasteiger partial charge in [0, 0.05) is 0 Å². The van der Waals surface area contributed by atoms with E-state index in [0.717, 1.165) is 0 Å². The van der Waals surface area contributed by atoms with Gasteiger partial charge in [0.25, 0.3) is 0 Å². The second kappa shape index (κ2) is 8.06. The number of nitrogens with two attached hydrogens (primary N) is 2. The predicted molar refractivity (Wildman–Crippen MR) is 60.9 cm³/mol. The van der Waals surface area contributed by atoms with Crippen LogP contribution in [0.3, 0.4) is 0 Å². The van der Waals surface area contributed by atoms with E-state index in [-0.39, 0.29) is 11.8 Å². The largest absolute Gasteiger partial charge is 0.480 e.